The van der Waals surface area contributed by atoms with Gasteiger partial charge in [-0.25, -0.2) is 0 Å². The quantitative estimate of drug-likeness (QED) is 0.826. The van der Waals surface area contributed by atoms with Crippen LogP contribution in [0.5, 0.6) is 0 Å². The number of nitrogens with two attached hydrogens (primary N) is 1. The summed E-state index contributed by atoms with van der Waals surface area (Å²) in [5.41, 5.74) is 5.29. The molecule has 1 saturated carbocycles. The van der Waals surface area contributed by atoms with Crippen molar-refractivity contribution in [1.29, 1.82) is 0 Å². The van der Waals surface area contributed by atoms with Crippen LogP contribution in [0.3, 0.4) is 0 Å². The SMILES string of the molecule is Cl.Cl.NCC(=O)NC1CCN(C2CCCC2)CC1. The fourth-order valence-electron chi connectivity index (χ4n) is 2.96. The van der Waals surface area contributed by atoms with Crippen molar-refractivity contribution >= 4 is 30.7 Å². The molecule has 3 N–H and O–H groups in total. The van der Waals surface area contributed by atoms with Gasteiger partial charge < -0.3 is 16.0 Å². The summed E-state index contributed by atoms with van der Waals surface area (Å²) in [6.45, 7) is 2.39. The highest BCUT2D eigenvalue weighted by molar-refractivity contribution is 5.85. The Morgan fingerprint density at radius 1 is 1.11 bits per heavy atom. The third kappa shape index (κ3) is 4.92. The Balaban J connectivity index is 0.00000144. The van der Waals surface area contributed by atoms with E-state index in [-0.39, 0.29) is 37.3 Å². The minimum atomic E-state index is -0.0145. The zero-order valence-corrected chi connectivity index (χ0v) is 12.4. The van der Waals surface area contributed by atoms with Crippen molar-refractivity contribution in [1.82, 2.24) is 10.2 Å². The highest BCUT2D eigenvalue weighted by Gasteiger charge is 2.27. The molecule has 2 aliphatic rings. The van der Waals surface area contributed by atoms with Crippen molar-refractivity contribution in [3.05, 3.63) is 0 Å². The van der Waals surface area contributed by atoms with Gasteiger partial charge in [-0.2, -0.15) is 0 Å². The van der Waals surface area contributed by atoms with Crippen molar-refractivity contribution in [2.75, 3.05) is 19.6 Å². The number of halogens is 2. The number of amides is 1. The van der Waals surface area contributed by atoms with Gasteiger partial charge in [0.15, 0.2) is 0 Å². The number of hydrogen-bond donors (Lipinski definition) is 2. The second-order valence-electron chi connectivity index (χ2n) is 5.02. The molecule has 4 nitrogen and oxygen atoms in total. The first kappa shape index (κ1) is 18.0. The monoisotopic (exact) mass is 297 g/mol. The van der Waals surface area contributed by atoms with Crippen LogP contribution < -0.4 is 11.1 Å². The lowest BCUT2D eigenvalue weighted by Gasteiger charge is -2.36. The molecular formula is C12H25Cl2N3O. The summed E-state index contributed by atoms with van der Waals surface area (Å²) in [7, 11) is 0. The van der Waals surface area contributed by atoms with Crippen molar-refractivity contribution in [3.63, 3.8) is 0 Å². The summed E-state index contributed by atoms with van der Waals surface area (Å²) >= 11 is 0. The van der Waals surface area contributed by atoms with Crippen molar-refractivity contribution in [3.8, 4) is 0 Å². The first-order valence-corrected chi connectivity index (χ1v) is 6.53. The normalized spacial score (nSPS) is 22.1. The van der Waals surface area contributed by atoms with E-state index in [1.54, 1.807) is 0 Å². The van der Waals surface area contributed by atoms with E-state index >= 15 is 0 Å². The standard InChI is InChI=1S/C12H23N3O.2ClH/c13-9-12(16)14-10-5-7-15(8-6-10)11-3-1-2-4-11;;/h10-11H,1-9,13H2,(H,14,16);2*1H. The average Bonchev–Trinajstić information content (AvgIpc) is 2.83. The van der Waals surface area contributed by atoms with Gasteiger partial charge in [0, 0.05) is 25.2 Å². The largest absolute Gasteiger partial charge is 0.352 e. The molecule has 0 aromatic heterocycles. The molecule has 1 aliphatic carbocycles. The lowest BCUT2D eigenvalue weighted by Crippen LogP contribution is -2.48. The van der Waals surface area contributed by atoms with Gasteiger partial charge in [0.05, 0.1) is 6.54 Å². The minimum Gasteiger partial charge on any atom is -0.352 e. The number of nitrogens with zero attached hydrogens (tertiary/aromatic N) is 1. The molecule has 0 spiro atoms. The van der Waals surface area contributed by atoms with Crippen molar-refractivity contribution in [2.24, 2.45) is 5.73 Å². The van der Waals surface area contributed by atoms with E-state index in [0.717, 1.165) is 32.0 Å². The Hall–Kier alpha value is -0.0300. The summed E-state index contributed by atoms with van der Waals surface area (Å²) in [6.07, 6.45) is 7.72. The Morgan fingerprint density at radius 2 is 1.67 bits per heavy atom. The second kappa shape index (κ2) is 8.97. The zero-order chi connectivity index (χ0) is 11.4. The fraction of sp³-hybridized carbons (Fsp3) is 0.917. The summed E-state index contributed by atoms with van der Waals surface area (Å²) in [5, 5.41) is 2.99. The fourth-order valence-corrected chi connectivity index (χ4v) is 2.96. The van der Waals surface area contributed by atoms with Crippen LogP contribution in [-0.2, 0) is 4.79 Å². The first-order chi connectivity index (χ1) is 7.79. The number of hydrogen-bond acceptors (Lipinski definition) is 3. The third-order valence-electron chi connectivity index (χ3n) is 3.92. The van der Waals surface area contributed by atoms with E-state index in [2.05, 4.69) is 10.2 Å². The van der Waals surface area contributed by atoms with Crippen molar-refractivity contribution in [2.45, 2.75) is 50.6 Å². The molecule has 0 unspecified atom stereocenters. The highest BCUT2D eigenvalue weighted by Crippen LogP contribution is 2.25. The number of piperidine rings is 1. The zero-order valence-electron chi connectivity index (χ0n) is 10.8. The molecule has 18 heavy (non-hydrogen) atoms. The molecule has 108 valence electrons. The van der Waals surface area contributed by atoms with Gasteiger partial charge in [0.1, 0.15) is 0 Å². The first-order valence-electron chi connectivity index (χ1n) is 6.53. The lowest BCUT2D eigenvalue weighted by molar-refractivity contribution is -0.120. The van der Waals surface area contributed by atoms with Crippen LogP contribution in [0.2, 0.25) is 0 Å². The molecule has 0 radical (unpaired) electrons. The number of carbonyl (C=O) groups excluding carboxylic acids is 1. The van der Waals surface area contributed by atoms with E-state index in [0.29, 0.717) is 6.04 Å². The van der Waals surface area contributed by atoms with E-state index in [9.17, 15) is 4.79 Å². The van der Waals surface area contributed by atoms with Gasteiger partial charge >= 0.3 is 0 Å². The van der Waals surface area contributed by atoms with Gasteiger partial charge in [0.2, 0.25) is 5.91 Å². The summed E-state index contributed by atoms with van der Waals surface area (Å²) in [5.74, 6) is -0.0145. The average molecular weight is 298 g/mol. The predicted molar refractivity (Wildman–Crippen MR) is 78.5 cm³/mol. The van der Waals surface area contributed by atoms with Crippen LogP contribution in [-0.4, -0.2) is 42.5 Å². The predicted octanol–water partition coefficient (Wildman–Crippen LogP) is 1.31. The molecule has 1 heterocycles. The van der Waals surface area contributed by atoms with E-state index in [4.69, 9.17) is 5.73 Å². The molecule has 2 rings (SSSR count). The number of nitrogens with one attached hydrogen (secondary N) is 1. The molecule has 1 saturated heterocycles. The molecule has 2 fully saturated rings. The summed E-state index contributed by atoms with van der Waals surface area (Å²) in [4.78, 5) is 13.8. The maximum atomic E-state index is 11.2. The third-order valence-corrected chi connectivity index (χ3v) is 3.92. The topological polar surface area (TPSA) is 58.4 Å². The van der Waals surface area contributed by atoms with Crippen molar-refractivity contribution < 1.29 is 4.79 Å². The minimum absolute atomic E-state index is 0. The molecule has 0 aromatic rings. The molecule has 0 bridgehead atoms. The Morgan fingerprint density at radius 3 is 2.17 bits per heavy atom. The molecule has 6 heteroatoms. The van der Waals surface area contributed by atoms with Crippen LogP contribution >= 0.6 is 24.8 Å². The molecule has 1 amide bonds. The van der Waals surface area contributed by atoms with Crippen LogP contribution in [0.25, 0.3) is 0 Å². The van der Waals surface area contributed by atoms with Crippen LogP contribution in [0.1, 0.15) is 38.5 Å². The molecular weight excluding hydrogens is 273 g/mol. The smallest absolute Gasteiger partial charge is 0.233 e. The molecule has 0 atom stereocenters. The second-order valence-corrected chi connectivity index (χ2v) is 5.02. The lowest BCUT2D eigenvalue weighted by atomic mass is 10.0. The van der Waals surface area contributed by atoms with E-state index in [1.165, 1.54) is 25.7 Å². The van der Waals surface area contributed by atoms with E-state index < -0.39 is 0 Å². The molecule has 1 aliphatic heterocycles. The van der Waals surface area contributed by atoms with Crippen LogP contribution in [0.4, 0.5) is 0 Å². The highest BCUT2D eigenvalue weighted by atomic mass is 35.5. The van der Waals surface area contributed by atoms with E-state index in [1.807, 2.05) is 0 Å². The van der Waals surface area contributed by atoms with Gasteiger partial charge in [-0.3, -0.25) is 4.79 Å². The number of likely N-dealkylation sites (tertiary alicyclic amines) is 1. The number of rotatable bonds is 3. The van der Waals surface area contributed by atoms with Gasteiger partial charge in [0.25, 0.3) is 0 Å². The van der Waals surface area contributed by atoms with Gasteiger partial charge in [-0.05, 0) is 25.7 Å². The number of carbonyl (C=O) groups is 1. The Kier molecular flexibility index (Phi) is 8.95. The molecule has 0 aromatic carbocycles. The van der Waals surface area contributed by atoms with Gasteiger partial charge in [-0.15, -0.1) is 24.8 Å². The van der Waals surface area contributed by atoms with Gasteiger partial charge in [-0.1, -0.05) is 12.8 Å². The maximum Gasteiger partial charge on any atom is 0.233 e. The summed E-state index contributed by atoms with van der Waals surface area (Å²) < 4.78 is 0. The van der Waals surface area contributed by atoms with Crippen LogP contribution in [0.15, 0.2) is 0 Å². The Bertz CT molecular complexity index is 239. The Labute approximate surface area is 122 Å². The van der Waals surface area contributed by atoms with Crippen LogP contribution in [0, 0.1) is 0 Å². The maximum absolute atomic E-state index is 11.2. The summed E-state index contributed by atoms with van der Waals surface area (Å²) in [6, 6.07) is 1.18.